The van der Waals surface area contributed by atoms with Crippen molar-refractivity contribution in [2.24, 2.45) is 11.7 Å². The molecule has 0 aromatic carbocycles. The molecule has 1 atom stereocenters. The zero-order valence-electron chi connectivity index (χ0n) is 11.4. The molecule has 1 unspecified atom stereocenters. The highest BCUT2D eigenvalue weighted by atomic mass is 16.5. The molecule has 0 aliphatic heterocycles. The van der Waals surface area contributed by atoms with Crippen LogP contribution in [0.15, 0.2) is 0 Å². The number of hydrogen-bond donors (Lipinski definition) is 1. The lowest BCUT2D eigenvalue weighted by Crippen LogP contribution is -2.54. The number of ether oxygens (including phenoxy) is 3. The third-order valence-electron chi connectivity index (χ3n) is 3.23. The highest BCUT2D eigenvalue weighted by Crippen LogP contribution is 2.39. The molecule has 0 aromatic rings. The minimum absolute atomic E-state index is 0.200. The summed E-state index contributed by atoms with van der Waals surface area (Å²) >= 11 is 0. The smallest absolute Gasteiger partial charge is 0.328 e. The first kappa shape index (κ1) is 15.4. The van der Waals surface area contributed by atoms with Gasteiger partial charge in [-0.3, -0.25) is 0 Å². The molecule has 0 saturated heterocycles. The summed E-state index contributed by atoms with van der Waals surface area (Å²) in [6.45, 7) is 4.09. The van der Waals surface area contributed by atoms with E-state index >= 15 is 0 Å². The molecular formula is C13H25NO4. The van der Waals surface area contributed by atoms with Crippen molar-refractivity contribution in [3.8, 4) is 0 Å². The van der Waals surface area contributed by atoms with E-state index in [2.05, 4.69) is 6.92 Å². The largest absolute Gasteiger partial charge is 0.468 e. The van der Waals surface area contributed by atoms with E-state index in [4.69, 9.17) is 19.9 Å². The number of carbonyl (C=O) groups excluding carboxylic acids is 1. The highest BCUT2D eigenvalue weighted by molar-refractivity contribution is 5.81. The van der Waals surface area contributed by atoms with Crippen LogP contribution in [0.2, 0.25) is 0 Å². The van der Waals surface area contributed by atoms with Gasteiger partial charge in [0.15, 0.2) is 0 Å². The predicted molar refractivity (Wildman–Crippen MR) is 68.2 cm³/mol. The zero-order valence-corrected chi connectivity index (χ0v) is 11.4. The van der Waals surface area contributed by atoms with Crippen LogP contribution in [-0.4, -0.2) is 45.0 Å². The molecule has 0 aromatic heterocycles. The number of carbonyl (C=O) groups is 1. The normalized spacial score (nSPS) is 18.4. The summed E-state index contributed by atoms with van der Waals surface area (Å²) in [5, 5.41) is 0. The average Bonchev–Trinajstić information content (AvgIpc) is 3.21. The second kappa shape index (κ2) is 7.71. The van der Waals surface area contributed by atoms with Crippen LogP contribution < -0.4 is 5.73 Å². The number of unbranched alkanes of at least 4 members (excludes halogenated alkanes) is 1. The molecule has 0 radical (unpaired) electrons. The lowest BCUT2D eigenvalue weighted by atomic mass is 9.96. The summed E-state index contributed by atoms with van der Waals surface area (Å²) < 4.78 is 15.6. The fourth-order valence-electron chi connectivity index (χ4n) is 1.84. The van der Waals surface area contributed by atoms with Gasteiger partial charge in [0.25, 0.3) is 0 Å². The summed E-state index contributed by atoms with van der Waals surface area (Å²) in [6, 6.07) is 0. The average molecular weight is 259 g/mol. The van der Waals surface area contributed by atoms with Crippen molar-refractivity contribution < 1.29 is 19.0 Å². The predicted octanol–water partition coefficient (Wildman–Crippen LogP) is 1.10. The SMILES string of the molecule is CCCCOCCOCC(N)(C(=O)OC)C1CC1. The van der Waals surface area contributed by atoms with Crippen LogP contribution in [0.5, 0.6) is 0 Å². The van der Waals surface area contributed by atoms with Gasteiger partial charge in [-0.2, -0.15) is 0 Å². The molecule has 0 amide bonds. The third-order valence-corrected chi connectivity index (χ3v) is 3.23. The van der Waals surface area contributed by atoms with Crippen molar-refractivity contribution in [1.82, 2.24) is 0 Å². The Kier molecular flexibility index (Phi) is 6.60. The Morgan fingerprint density at radius 3 is 2.50 bits per heavy atom. The molecule has 5 nitrogen and oxygen atoms in total. The maximum absolute atomic E-state index is 11.7. The molecule has 18 heavy (non-hydrogen) atoms. The van der Waals surface area contributed by atoms with Crippen LogP contribution in [0, 0.1) is 5.92 Å². The molecular weight excluding hydrogens is 234 g/mol. The van der Waals surface area contributed by atoms with Gasteiger partial charge in [-0.25, -0.2) is 4.79 Å². The maximum Gasteiger partial charge on any atom is 0.328 e. The first-order valence-corrected chi connectivity index (χ1v) is 6.68. The summed E-state index contributed by atoms with van der Waals surface area (Å²) in [7, 11) is 1.36. The minimum atomic E-state index is -0.974. The van der Waals surface area contributed by atoms with Crippen LogP contribution in [0.4, 0.5) is 0 Å². The Labute approximate surface area is 109 Å². The molecule has 2 N–H and O–H groups in total. The molecule has 0 spiro atoms. The van der Waals surface area contributed by atoms with E-state index in [1.165, 1.54) is 7.11 Å². The monoisotopic (exact) mass is 259 g/mol. The molecule has 5 heteroatoms. The number of hydrogen-bond acceptors (Lipinski definition) is 5. The molecule has 106 valence electrons. The Balaban J connectivity index is 2.16. The van der Waals surface area contributed by atoms with Crippen molar-refractivity contribution in [2.75, 3.05) is 33.5 Å². The zero-order chi connectivity index (χ0) is 13.4. The molecule has 1 fully saturated rings. The van der Waals surface area contributed by atoms with E-state index in [0.717, 1.165) is 32.3 Å². The maximum atomic E-state index is 11.7. The Morgan fingerprint density at radius 1 is 1.28 bits per heavy atom. The second-order valence-corrected chi connectivity index (χ2v) is 4.82. The molecule has 1 aliphatic carbocycles. The van der Waals surface area contributed by atoms with Crippen LogP contribution in [0.3, 0.4) is 0 Å². The molecule has 0 heterocycles. The van der Waals surface area contributed by atoms with E-state index < -0.39 is 5.54 Å². The van der Waals surface area contributed by atoms with E-state index in [1.807, 2.05) is 0 Å². The van der Waals surface area contributed by atoms with Gasteiger partial charge in [-0.05, 0) is 25.2 Å². The highest BCUT2D eigenvalue weighted by Gasteiger charge is 2.49. The van der Waals surface area contributed by atoms with E-state index in [0.29, 0.717) is 13.2 Å². The van der Waals surface area contributed by atoms with E-state index in [1.54, 1.807) is 0 Å². The number of nitrogens with two attached hydrogens (primary N) is 1. The third kappa shape index (κ3) is 4.55. The van der Waals surface area contributed by atoms with Crippen LogP contribution in [-0.2, 0) is 19.0 Å². The van der Waals surface area contributed by atoms with Crippen molar-refractivity contribution in [3.05, 3.63) is 0 Å². The fourth-order valence-corrected chi connectivity index (χ4v) is 1.84. The van der Waals surface area contributed by atoms with Gasteiger partial charge < -0.3 is 19.9 Å². The van der Waals surface area contributed by atoms with Crippen molar-refractivity contribution >= 4 is 5.97 Å². The van der Waals surface area contributed by atoms with Crippen LogP contribution in [0.25, 0.3) is 0 Å². The van der Waals surface area contributed by atoms with Gasteiger partial charge in [0.1, 0.15) is 5.54 Å². The van der Waals surface area contributed by atoms with Crippen molar-refractivity contribution in [3.63, 3.8) is 0 Å². The Hall–Kier alpha value is -0.650. The lowest BCUT2D eigenvalue weighted by Gasteiger charge is -2.26. The molecule has 1 aliphatic rings. The van der Waals surface area contributed by atoms with Gasteiger partial charge in [0.05, 0.1) is 26.9 Å². The van der Waals surface area contributed by atoms with Gasteiger partial charge in [0.2, 0.25) is 0 Å². The van der Waals surface area contributed by atoms with Crippen molar-refractivity contribution in [2.45, 2.75) is 38.1 Å². The standard InChI is InChI=1S/C13H25NO4/c1-3-4-7-17-8-9-18-10-13(14,11-5-6-11)12(15)16-2/h11H,3-10,14H2,1-2H3. The van der Waals surface area contributed by atoms with Crippen molar-refractivity contribution in [1.29, 1.82) is 0 Å². The number of esters is 1. The summed E-state index contributed by atoms with van der Waals surface area (Å²) in [6.07, 6.45) is 4.13. The first-order valence-electron chi connectivity index (χ1n) is 6.68. The molecule has 1 rings (SSSR count). The quantitative estimate of drug-likeness (QED) is 0.470. The van der Waals surface area contributed by atoms with Gasteiger partial charge >= 0.3 is 5.97 Å². The van der Waals surface area contributed by atoms with Crippen LogP contribution in [0.1, 0.15) is 32.6 Å². The topological polar surface area (TPSA) is 70.8 Å². The fraction of sp³-hybridized carbons (Fsp3) is 0.923. The van der Waals surface area contributed by atoms with Gasteiger partial charge in [-0.15, -0.1) is 0 Å². The molecule has 1 saturated carbocycles. The Bertz CT molecular complexity index is 255. The van der Waals surface area contributed by atoms with E-state index in [9.17, 15) is 4.79 Å². The lowest BCUT2D eigenvalue weighted by molar-refractivity contribution is -0.151. The Morgan fingerprint density at radius 2 is 1.94 bits per heavy atom. The first-order chi connectivity index (χ1) is 8.65. The van der Waals surface area contributed by atoms with Crippen LogP contribution >= 0.6 is 0 Å². The summed E-state index contributed by atoms with van der Waals surface area (Å²) in [4.78, 5) is 11.7. The van der Waals surface area contributed by atoms with Gasteiger partial charge in [-0.1, -0.05) is 13.3 Å². The minimum Gasteiger partial charge on any atom is -0.468 e. The second-order valence-electron chi connectivity index (χ2n) is 4.82. The number of rotatable bonds is 10. The summed E-state index contributed by atoms with van der Waals surface area (Å²) in [5.74, 6) is -0.178. The number of methoxy groups -OCH3 is 1. The molecule has 0 bridgehead atoms. The van der Waals surface area contributed by atoms with Gasteiger partial charge in [0, 0.05) is 6.61 Å². The summed E-state index contributed by atoms with van der Waals surface area (Å²) in [5.41, 5.74) is 5.11. The van der Waals surface area contributed by atoms with E-state index in [-0.39, 0.29) is 18.5 Å².